The summed E-state index contributed by atoms with van der Waals surface area (Å²) in [5.41, 5.74) is 1.13. The van der Waals surface area contributed by atoms with Gasteiger partial charge in [0.1, 0.15) is 0 Å². The van der Waals surface area contributed by atoms with Crippen LogP contribution in [0, 0.1) is 0 Å². The summed E-state index contributed by atoms with van der Waals surface area (Å²) in [6.45, 7) is 0. The minimum Gasteiger partial charge on any atom is -0.479 e. The number of aromatic nitrogens is 5. The zero-order valence-electron chi connectivity index (χ0n) is 11.8. The molecule has 0 aliphatic heterocycles. The number of aliphatic hydroxyl groups is 1. The average Bonchev–Trinajstić information content (AvgIpc) is 3.03. The van der Waals surface area contributed by atoms with Gasteiger partial charge in [-0.3, -0.25) is 0 Å². The minimum atomic E-state index is -0.399. The molecule has 2 aromatic rings. The van der Waals surface area contributed by atoms with Gasteiger partial charge >= 0.3 is 0 Å². The molecule has 108 valence electrons. The largest absolute Gasteiger partial charge is 0.479 e. The maximum atomic E-state index is 10.1. The van der Waals surface area contributed by atoms with Gasteiger partial charge in [0, 0.05) is 14.1 Å². The van der Waals surface area contributed by atoms with Crippen molar-refractivity contribution in [2.45, 2.75) is 31.4 Å². The molecule has 2 heterocycles. The third kappa shape index (κ3) is 1.96. The summed E-state index contributed by atoms with van der Waals surface area (Å²) in [4.78, 5) is 10.6. The van der Waals surface area contributed by atoms with Gasteiger partial charge < -0.3 is 14.7 Å². The molecule has 0 saturated heterocycles. The molecule has 8 heteroatoms. The topological polar surface area (TPSA) is 89.2 Å². The van der Waals surface area contributed by atoms with Crippen molar-refractivity contribution in [3.8, 4) is 5.88 Å². The first-order chi connectivity index (χ1) is 9.61. The smallest absolute Gasteiger partial charge is 0.249 e. The fraction of sp³-hybridized carbons (Fsp3) is 0.667. The summed E-state index contributed by atoms with van der Waals surface area (Å²) in [5.74, 6) is 0.933. The van der Waals surface area contributed by atoms with Gasteiger partial charge in [-0.05, 0) is 19.3 Å². The predicted octanol–water partition coefficient (Wildman–Crippen LogP) is 0.382. The van der Waals surface area contributed by atoms with Crippen molar-refractivity contribution in [2.24, 2.45) is 0 Å². The number of methoxy groups -OCH3 is 1. The highest BCUT2D eigenvalue weighted by Crippen LogP contribution is 2.32. The monoisotopic (exact) mass is 278 g/mol. The van der Waals surface area contributed by atoms with E-state index in [1.54, 1.807) is 16.7 Å². The van der Waals surface area contributed by atoms with Crippen LogP contribution in [0.4, 0.5) is 5.95 Å². The second kappa shape index (κ2) is 4.86. The van der Waals surface area contributed by atoms with Crippen molar-refractivity contribution in [1.82, 2.24) is 25.0 Å². The molecule has 0 bridgehead atoms. The molecule has 2 atom stereocenters. The van der Waals surface area contributed by atoms with Gasteiger partial charge in [0.15, 0.2) is 11.2 Å². The Morgan fingerprint density at radius 3 is 2.70 bits per heavy atom. The number of rotatable bonds is 3. The Labute approximate surface area is 116 Å². The molecular weight excluding hydrogens is 260 g/mol. The van der Waals surface area contributed by atoms with Crippen LogP contribution >= 0.6 is 0 Å². The van der Waals surface area contributed by atoms with Crippen molar-refractivity contribution in [2.75, 3.05) is 26.1 Å². The molecular formula is C12H18N6O2. The Morgan fingerprint density at radius 1 is 1.30 bits per heavy atom. The molecule has 0 amide bonds. The molecule has 2 aromatic heterocycles. The highest BCUT2D eigenvalue weighted by molar-refractivity contribution is 5.77. The standard InChI is InChI=1S/C12H18N6O2/c1-17(2)12-13-10-9(11(14-12)20-3)15-16-18(10)7-5-4-6-8(7)19/h7-8,19H,4-6H2,1-3H3/t7-,8+/m0/s1. The van der Waals surface area contributed by atoms with Gasteiger partial charge in [0.05, 0.1) is 19.3 Å². The highest BCUT2D eigenvalue weighted by atomic mass is 16.5. The Kier molecular flexibility index (Phi) is 3.17. The van der Waals surface area contributed by atoms with Crippen molar-refractivity contribution < 1.29 is 9.84 Å². The van der Waals surface area contributed by atoms with E-state index in [2.05, 4.69) is 20.3 Å². The zero-order chi connectivity index (χ0) is 14.3. The van der Waals surface area contributed by atoms with Crippen molar-refractivity contribution in [1.29, 1.82) is 0 Å². The first kappa shape index (κ1) is 13.0. The van der Waals surface area contributed by atoms with Crippen molar-refractivity contribution in [3.63, 3.8) is 0 Å². The number of ether oxygens (including phenoxy) is 1. The maximum Gasteiger partial charge on any atom is 0.249 e. The average molecular weight is 278 g/mol. The third-order valence-corrected chi connectivity index (χ3v) is 3.63. The molecule has 0 spiro atoms. The van der Waals surface area contributed by atoms with E-state index in [1.807, 2.05) is 14.1 Å². The van der Waals surface area contributed by atoms with Gasteiger partial charge in [0.25, 0.3) is 0 Å². The van der Waals surface area contributed by atoms with E-state index in [0.717, 1.165) is 19.3 Å². The van der Waals surface area contributed by atoms with Gasteiger partial charge in [-0.15, -0.1) is 5.10 Å². The Hall–Kier alpha value is -1.96. The normalized spacial score (nSPS) is 22.4. The number of anilines is 1. The molecule has 1 N–H and O–H groups in total. The van der Waals surface area contributed by atoms with E-state index < -0.39 is 6.10 Å². The van der Waals surface area contributed by atoms with Crippen LogP contribution < -0.4 is 9.64 Å². The maximum absolute atomic E-state index is 10.1. The summed E-state index contributed by atoms with van der Waals surface area (Å²) < 4.78 is 6.96. The van der Waals surface area contributed by atoms with Crippen LogP contribution in [0.3, 0.4) is 0 Å². The zero-order valence-corrected chi connectivity index (χ0v) is 11.8. The van der Waals surface area contributed by atoms with Gasteiger partial charge in [-0.25, -0.2) is 4.68 Å². The van der Waals surface area contributed by atoms with Crippen LogP contribution in [-0.2, 0) is 0 Å². The lowest BCUT2D eigenvalue weighted by Gasteiger charge is -2.16. The van der Waals surface area contributed by atoms with Crippen LogP contribution in [-0.4, -0.2) is 57.4 Å². The first-order valence-corrected chi connectivity index (χ1v) is 6.64. The summed E-state index contributed by atoms with van der Waals surface area (Å²) >= 11 is 0. The molecule has 8 nitrogen and oxygen atoms in total. The molecule has 0 unspecified atom stereocenters. The summed E-state index contributed by atoms with van der Waals surface area (Å²) in [7, 11) is 5.27. The van der Waals surface area contributed by atoms with E-state index in [-0.39, 0.29) is 6.04 Å². The van der Waals surface area contributed by atoms with Gasteiger partial charge in [0.2, 0.25) is 11.8 Å². The number of fused-ring (bicyclic) bond motifs is 1. The molecule has 0 aromatic carbocycles. The SMILES string of the molecule is COc1nc(N(C)C)nc2c1nnn2[C@H]1CCC[C@H]1O. The fourth-order valence-electron chi connectivity index (χ4n) is 2.57. The van der Waals surface area contributed by atoms with E-state index in [0.29, 0.717) is 23.0 Å². The Bertz CT molecular complexity index is 626. The van der Waals surface area contributed by atoms with Crippen LogP contribution in [0.15, 0.2) is 0 Å². The van der Waals surface area contributed by atoms with Gasteiger partial charge in [-0.2, -0.15) is 9.97 Å². The summed E-state index contributed by atoms with van der Waals surface area (Å²) in [5, 5.41) is 18.3. The Balaban J connectivity index is 2.16. The molecule has 1 aliphatic rings. The van der Waals surface area contributed by atoms with E-state index in [9.17, 15) is 5.11 Å². The number of hydrogen-bond acceptors (Lipinski definition) is 7. The molecule has 3 rings (SSSR count). The summed E-state index contributed by atoms with van der Waals surface area (Å²) in [6.07, 6.45) is 2.25. The van der Waals surface area contributed by atoms with Crippen molar-refractivity contribution in [3.05, 3.63) is 0 Å². The minimum absolute atomic E-state index is 0.0744. The van der Waals surface area contributed by atoms with Gasteiger partial charge in [-0.1, -0.05) is 5.21 Å². The van der Waals surface area contributed by atoms with Crippen LogP contribution in [0.1, 0.15) is 25.3 Å². The molecule has 1 fully saturated rings. The third-order valence-electron chi connectivity index (χ3n) is 3.63. The number of aliphatic hydroxyl groups excluding tert-OH is 1. The van der Waals surface area contributed by atoms with Crippen LogP contribution in [0.25, 0.3) is 11.2 Å². The molecule has 20 heavy (non-hydrogen) atoms. The molecule has 1 saturated carbocycles. The van der Waals surface area contributed by atoms with Crippen molar-refractivity contribution >= 4 is 17.1 Å². The number of nitrogens with zero attached hydrogens (tertiary/aromatic N) is 6. The lowest BCUT2D eigenvalue weighted by atomic mass is 10.2. The lowest BCUT2D eigenvalue weighted by Crippen LogP contribution is -2.20. The summed E-state index contributed by atoms with van der Waals surface area (Å²) in [6, 6.07) is -0.0744. The lowest BCUT2D eigenvalue weighted by molar-refractivity contribution is 0.131. The van der Waals surface area contributed by atoms with Crippen LogP contribution in [0.5, 0.6) is 5.88 Å². The van der Waals surface area contributed by atoms with E-state index in [4.69, 9.17) is 4.74 Å². The second-order valence-electron chi connectivity index (χ2n) is 5.20. The van der Waals surface area contributed by atoms with Crippen LogP contribution in [0.2, 0.25) is 0 Å². The fourth-order valence-corrected chi connectivity index (χ4v) is 2.57. The number of hydrogen-bond donors (Lipinski definition) is 1. The predicted molar refractivity (Wildman–Crippen MR) is 72.9 cm³/mol. The first-order valence-electron chi connectivity index (χ1n) is 6.64. The molecule has 0 radical (unpaired) electrons. The van der Waals surface area contributed by atoms with E-state index >= 15 is 0 Å². The Morgan fingerprint density at radius 2 is 2.10 bits per heavy atom. The highest BCUT2D eigenvalue weighted by Gasteiger charge is 2.30. The second-order valence-corrected chi connectivity index (χ2v) is 5.20. The quantitative estimate of drug-likeness (QED) is 0.868. The van der Waals surface area contributed by atoms with E-state index in [1.165, 1.54) is 0 Å². The molecule has 1 aliphatic carbocycles.